The van der Waals surface area contributed by atoms with Crippen LogP contribution in [-0.4, -0.2) is 44.8 Å². The number of fused-ring (bicyclic) bond motifs is 2. The van der Waals surface area contributed by atoms with Crippen molar-refractivity contribution in [3.8, 4) is 17.5 Å². The lowest BCUT2D eigenvalue weighted by atomic mass is 9.99. The van der Waals surface area contributed by atoms with Crippen LogP contribution in [0.4, 0.5) is 0 Å². The molecule has 8 heteroatoms. The third-order valence-corrected chi connectivity index (χ3v) is 5.97. The third kappa shape index (κ3) is 3.76. The van der Waals surface area contributed by atoms with Gasteiger partial charge in [-0.2, -0.15) is 5.10 Å². The lowest BCUT2D eigenvalue weighted by molar-refractivity contribution is 0.210. The summed E-state index contributed by atoms with van der Waals surface area (Å²) in [4.78, 5) is 22.3. The summed E-state index contributed by atoms with van der Waals surface area (Å²) in [6.07, 6.45) is 0.202. The molecule has 2 aliphatic rings. The molecule has 0 aliphatic carbocycles. The Hall–Kier alpha value is -4.22. The molecule has 170 valence electrons. The molecular formula is C26H24N6O2. The van der Waals surface area contributed by atoms with Crippen molar-refractivity contribution in [1.29, 1.82) is 0 Å². The molecule has 3 aromatic rings. The second kappa shape index (κ2) is 8.61. The highest BCUT2D eigenvalue weighted by Crippen LogP contribution is 2.28. The quantitative estimate of drug-likeness (QED) is 0.594. The van der Waals surface area contributed by atoms with E-state index in [1.807, 2.05) is 61.5 Å². The van der Waals surface area contributed by atoms with Crippen molar-refractivity contribution in [2.75, 3.05) is 0 Å². The lowest BCUT2D eigenvalue weighted by Gasteiger charge is -2.27. The van der Waals surface area contributed by atoms with Gasteiger partial charge in [0.2, 0.25) is 0 Å². The molecule has 0 spiro atoms. The fraction of sp³-hybridized carbons (Fsp3) is 0.231. The van der Waals surface area contributed by atoms with Gasteiger partial charge in [0.1, 0.15) is 29.9 Å². The van der Waals surface area contributed by atoms with Gasteiger partial charge in [0.15, 0.2) is 6.17 Å². The summed E-state index contributed by atoms with van der Waals surface area (Å²) < 4.78 is 1.74. The number of nitrogens with zero attached hydrogens (tertiary/aromatic N) is 5. The smallest absolute Gasteiger partial charge is 0.263 e. The van der Waals surface area contributed by atoms with Crippen LogP contribution in [0.5, 0.6) is 0 Å². The first kappa shape index (κ1) is 21.6. The van der Waals surface area contributed by atoms with Crippen molar-refractivity contribution in [3.05, 3.63) is 76.2 Å². The van der Waals surface area contributed by atoms with Crippen molar-refractivity contribution in [2.45, 2.75) is 32.7 Å². The summed E-state index contributed by atoms with van der Waals surface area (Å²) in [7, 11) is 0. The van der Waals surface area contributed by atoms with E-state index >= 15 is 0 Å². The Morgan fingerprint density at radius 2 is 1.94 bits per heavy atom. The van der Waals surface area contributed by atoms with Crippen molar-refractivity contribution in [2.24, 2.45) is 26.7 Å². The van der Waals surface area contributed by atoms with Crippen LogP contribution in [0.25, 0.3) is 16.5 Å². The van der Waals surface area contributed by atoms with Gasteiger partial charge in [0.25, 0.3) is 5.56 Å². The molecule has 3 atom stereocenters. The molecule has 0 saturated carbocycles. The van der Waals surface area contributed by atoms with E-state index in [1.165, 1.54) is 6.34 Å². The van der Waals surface area contributed by atoms with Crippen LogP contribution < -0.4 is 11.3 Å². The Morgan fingerprint density at radius 1 is 1.18 bits per heavy atom. The van der Waals surface area contributed by atoms with Gasteiger partial charge in [-0.15, -0.1) is 0 Å². The van der Waals surface area contributed by atoms with Gasteiger partial charge in [-0.1, -0.05) is 42.3 Å². The van der Waals surface area contributed by atoms with Gasteiger partial charge in [-0.3, -0.25) is 14.4 Å². The maximum atomic E-state index is 13.6. The minimum absolute atomic E-state index is 0.0931. The van der Waals surface area contributed by atoms with E-state index in [4.69, 9.17) is 10.8 Å². The number of benzene rings is 2. The molecular weight excluding hydrogens is 428 g/mol. The molecule has 0 fully saturated rings. The van der Waals surface area contributed by atoms with Crippen molar-refractivity contribution >= 4 is 28.7 Å². The van der Waals surface area contributed by atoms with Gasteiger partial charge in [-0.25, -0.2) is 9.98 Å². The monoisotopic (exact) mass is 452 g/mol. The molecule has 5 rings (SSSR count). The Kier molecular flexibility index (Phi) is 5.48. The van der Waals surface area contributed by atoms with Crippen LogP contribution >= 0.6 is 0 Å². The predicted octanol–water partition coefficient (Wildman–Crippen LogP) is 2.20. The number of aliphatic hydroxyl groups is 1. The van der Waals surface area contributed by atoms with Crippen LogP contribution in [0, 0.1) is 24.7 Å². The number of amidine groups is 1. The van der Waals surface area contributed by atoms with E-state index in [0.717, 1.165) is 22.3 Å². The number of hydrazone groups is 1. The number of aryl methyl sites for hydroxylation is 1. The maximum Gasteiger partial charge on any atom is 0.263 e. The SMILES string of the molecule is Cc1ccccc1-n1c(CN2N=C(C#C[C@@H](C)O)C3C(N)=NC=NC32)cc2ccccc2c1=O. The molecule has 1 aromatic heterocycles. The predicted molar refractivity (Wildman–Crippen MR) is 134 cm³/mol. The molecule has 0 saturated heterocycles. The number of hydrogen-bond donors (Lipinski definition) is 2. The number of hydrogen-bond acceptors (Lipinski definition) is 7. The van der Waals surface area contributed by atoms with E-state index < -0.39 is 18.2 Å². The van der Waals surface area contributed by atoms with Crippen molar-refractivity contribution < 1.29 is 5.11 Å². The highest BCUT2D eigenvalue weighted by atomic mass is 16.3. The number of nitrogens with two attached hydrogens (primary N) is 1. The summed E-state index contributed by atoms with van der Waals surface area (Å²) in [6, 6.07) is 17.4. The van der Waals surface area contributed by atoms with Gasteiger partial charge < -0.3 is 10.8 Å². The fourth-order valence-electron chi connectivity index (χ4n) is 4.36. The summed E-state index contributed by atoms with van der Waals surface area (Å²) >= 11 is 0. The van der Waals surface area contributed by atoms with Crippen LogP contribution in [0.1, 0.15) is 18.2 Å². The molecule has 8 nitrogen and oxygen atoms in total. The molecule has 0 bridgehead atoms. The number of pyridine rings is 1. The molecule has 2 unspecified atom stereocenters. The average molecular weight is 453 g/mol. The highest BCUT2D eigenvalue weighted by molar-refractivity contribution is 6.17. The molecule has 0 amide bonds. The number of aliphatic imine (C=N–C) groups is 2. The van der Waals surface area contributed by atoms with Gasteiger partial charge in [0, 0.05) is 11.1 Å². The molecule has 2 aromatic carbocycles. The molecule has 3 heterocycles. The number of aliphatic hydroxyl groups excluding tert-OH is 1. The standard InChI is InChI=1S/C26H24N6O2/c1-16-7-3-6-10-22(16)32-19(13-18-8-4-5-9-20(18)26(32)34)14-31-25-23(24(27)28-15-29-25)21(30-31)12-11-17(2)33/h3-10,13,15,17,23,25,33H,14H2,1-2H3,(H2,27,28,29)/t17-,23?,25?/m1/s1. The van der Waals surface area contributed by atoms with Gasteiger partial charge in [-0.05, 0) is 48.9 Å². The molecule has 0 radical (unpaired) electrons. The number of aromatic nitrogens is 1. The zero-order valence-electron chi connectivity index (χ0n) is 18.9. The van der Waals surface area contributed by atoms with Crippen molar-refractivity contribution in [3.63, 3.8) is 0 Å². The Bertz CT molecular complexity index is 1490. The minimum atomic E-state index is -0.799. The van der Waals surface area contributed by atoms with Crippen LogP contribution in [0.15, 0.2) is 74.5 Å². The maximum absolute atomic E-state index is 13.6. The summed E-state index contributed by atoms with van der Waals surface area (Å²) in [5, 5.41) is 17.6. The zero-order chi connectivity index (χ0) is 23.8. The number of rotatable bonds is 3. The summed E-state index contributed by atoms with van der Waals surface area (Å²) in [6.45, 7) is 3.88. The lowest BCUT2D eigenvalue weighted by Crippen LogP contribution is -2.42. The van der Waals surface area contributed by atoms with E-state index in [9.17, 15) is 9.90 Å². The minimum Gasteiger partial charge on any atom is -0.386 e. The van der Waals surface area contributed by atoms with Gasteiger partial charge in [0.05, 0.1) is 12.2 Å². The fourth-order valence-corrected chi connectivity index (χ4v) is 4.36. The van der Waals surface area contributed by atoms with Gasteiger partial charge >= 0.3 is 0 Å². The Balaban J connectivity index is 1.65. The largest absolute Gasteiger partial charge is 0.386 e. The third-order valence-electron chi connectivity index (χ3n) is 5.97. The number of para-hydroxylation sites is 1. The Labute approximate surface area is 196 Å². The molecule has 34 heavy (non-hydrogen) atoms. The van der Waals surface area contributed by atoms with E-state index in [1.54, 1.807) is 16.5 Å². The second-order valence-corrected chi connectivity index (χ2v) is 8.39. The average Bonchev–Trinajstić information content (AvgIpc) is 3.17. The first-order valence-electron chi connectivity index (χ1n) is 11.0. The molecule has 2 aliphatic heterocycles. The van der Waals surface area contributed by atoms with Crippen LogP contribution in [0.3, 0.4) is 0 Å². The van der Waals surface area contributed by atoms with E-state index in [2.05, 4.69) is 21.8 Å². The van der Waals surface area contributed by atoms with E-state index in [0.29, 0.717) is 23.5 Å². The Morgan fingerprint density at radius 3 is 2.74 bits per heavy atom. The normalized spacial score (nSPS) is 19.8. The molecule has 3 N–H and O–H groups in total. The first-order valence-corrected chi connectivity index (χ1v) is 11.0. The summed E-state index contributed by atoms with van der Waals surface area (Å²) in [5.74, 6) is 5.63. The second-order valence-electron chi connectivity index (χ2n) is 8.39. The van der Waals surface area contributed by atoms with Crippen LogP contribution in [0.2, 0.25) is 0 Å². The zero-order valence-corrected chi connectivity index (χ0v) is 18.9. The van der Waals surface area contributed by atoms with E-state index in [-0.39, 0.29) is 5.56 Å². The first-order chi connectivity index (χ1) is 16.4. The highest BCUT2D eigenvalue weighted by Gasteiger charge is 2.40. The summed E-state index contributed by atoms with van der Waals surface area (Å²) in [5.41, 5.74) is 9.15. The van der Waals surface area contributed by atoms with Crippen molar-refractivity contribution in [1.82, 2.24) is 9.58 Å². The topological polar surface area (TPSA) is 109 Å². The van der Waals surface area contributed by atoms with Crippen LogP contribution in [-0.2, 0) is 6.54 Å².